The number of rotatable bonds is 9. The topological polar surface area (TPSA) is 35.5 Å². The molecule has 0 unspecified atom stereocenters. The number of aryl methyl sites for hydroxylation is 1. The first-order valence-corrected chi connectivity index (χ1v) is 10.7. The Balaban J connectivity index is 1.59. The van der Waals surface area contributed by atoms with Crippen LogP contribution in [0.15, 0.2) is 82.6 Å². The van der Waals surface area contributed by atoms with Crippen LogP contribution in [-0.2, 0) is 22.6 Å². The summed E-state index contributed by atoms with van der Waals surface area (Å²) in [5.41, 5.74) is 2.08. The average Bonchev–Trinajstić information content (AvgIpc) is 2.73. The first kappa shape index (κ1) is 21.3. The van der Waals surface area contributed by atoms with E-state index in [-0.39, 0.29) is 5.97 Å². The van der Waals surface area contributed by atoms with E-state index in [2.05, 4.69) is 0 Å². The van der Waals surface area contributed by atoms with Crippen molar-refractivity contribution < 1.29 is 14.3 Å². The quantitative estimate of drug-likeness (QED) is 0.362. The maximum atomic E-state index is 11.5. The van der Waals surface area contributed by atoms with Gasteiger partial charge >= 0.3 is 5.97 Å². The summed E-state index contributed by atoms with van der Waals surface area (Å²) in [6.07, 6.45) is 0.909. The third kappa shape index (κ3) is 6.84. The highest BCUT2D eigenvalue weighted by atomic mass is 35.5. The van der Waals surface area contributed by atoms with Crippen LogP contribution in [0.25, 0.3) is 0 Å². The summed E-state index contributed by atoms with van der Waals surface area (Å²) in [6.45, 7) is 2.74. The molecule has 0 aliphatic heterocycles. The van der Waals surface area contributed by atoms with Crippen molar-refractivity contribution in [2.45, 2.75) is 36.2 Å². The van der Waals surface area contributed by atoms with Gasteiger partial charge < -0.3 is 9.47 Å². The van der Waals surface area contributed by atoms with Crippen LogP contribution >= 0.6 is 23.4 Å². The van der Waals surface area contributed by atoms with Crippen molar-refractivity contribution in [1.82, 2.24) is 0 Å². The minimum atomic E-state index is -0.200. The second-order valence-electron chi connectivity index (χ2n) is 6.41. The van der Waals surface area contributed by atoms with Gasteiger partial charge in [-0.05, 0) is 54.8 Å². The molecule has 3 rings (SSSR count). The van der Waals surface area contributed by atoms with Gasteiger partial charge in [-0.1, -0.05) is 65.8 Å². The summed E-state index contributed by atoms with van der Waals surface area (Å²) in [6, 6.07) is 24.0. The van der Waals surface area contributed by atoms with Crippen LogP contribution in [0.1, 0.15) is 24.5 Å². The van der Waals surface area contributed by atoms with E-state index in [0.29, 0.717) is 31.1 Å². The molecule has 3 aromatic carbocycles. The number of carbonyl (C=O) groups is 1. The largest absolute Gasteiger partial charge is 0.489 e. The number of halogens is 1. The van der Waals surface area contributed by atoms with Gasteiger partial charge in [0.15, 0.2) is 0 Å². The Morgan fingerprint density at radius 2 is 1.76 bits per heavy atom. The lowest BCUT2D eigenvalue weighted by Crippen LogP contribution is -2.05. The molecule has 0 amide bonds. The monoisotopic (exact) mass is 426 g/mol. The molecule has 0 N–H and O–H groups in total. The lowest BCUT2D eigenvalue weighted by molar-refractivity contribution is -0.143. The zero-order valence-corrected chi connectivity index (χ0v) is 17.8. The maximum Gasteiger partial charge on any atom is 0.306 e. The summed E-state index contributed by atoms with van der Waals surface area (Å²) >= 11 is 8.04. The Labute approximate surface area is 181 Å². The smallest absolute Gasteiger partial charge is 0.306 e. The number of esters is 1. The molecule has 0 saturated heterocycles. The number of hydrogen-bond acceptors (Lipinski definition) is 4. The number of ether oxygens (including phenoxy) is 2. The molecule has 0 spiro atoms. The molecule has 0 bridgehead atoms. The van der Waals surface area contributed by atoms with Crippen molar-refractivity contribution in [1.29, 1.82) is 0 Å². The van der Waals surface area contributed by atoms with E-state index in [0.717, 1.165) is 26.7 Å². The van der Waals surface area contributed by atoms with Gasteiger partial charge in [0.25, 0.3) is 0 Å². The van der Waals surface area contributed by atoms with Crippen molar-refractivity contribution in [3.8, 4) is 5.75 Å². The Bertz CT molecular complexity index is 944. The second kappa shape index (κ2) is 10.9. The SMILES string of the molecule is CCOC(=O)CCc1ccc(Sc2cccc(OCc3ccccc3)c2)cc1Cl. The number of hydrogen-bond donors (Lipinski definition) is 0. The molecule has 150 valence electrons. The highest BCUT2D eigenvalue weighted by molar-refractivity contribution is 7.99. The van der Waals surface area contributed by atoms with Gasteiger partial charge in [0, 0.05) is 21.2 Å². The lowest BCUT2D eigenvalue weighted by atomic mass is 10.1. The van der Waals surface area contributed by atoms with Crippen LogP contribution in [0.3, 0.4) is 0 Å². The third-order valence-corrected chi connectivity index (χ3v) is 5.55. The second-order valence-corrected chi connectivity index (χ2v) is 7.96. The van der Waals surface area contributed by atoms with E-state index in [1.165, 1.54) is 0 Å². The van der Waals surface area contributed by atoms with E-state index < -0.39 is 0 Å². The predicted octanol–water partition coefficient (Wildman–Crippen LogP) is 6.57. The van der Waals surface area contributed by atoms with Crippen molar-refractivity contribution in [2.75, 3.05) is 6.61 Å². The molecule has 3 nitrogen and oxygen atoms in total. The summed E-state index contributed by atoms with van der Waals surface area (Å²) in [4.78, 5) is 13.6. The van der Waals surface area contributed by atoms with Crippen LogP contribution in [0.4, 0.5) is 0 Å². The van der Waals surface area contributed by atoms with Crippen LogP contribution < -0.4 is 4.74 Å². The van der Waals surface area contributed by atoms with Gasteiger partial charge in [-0.3, -0.25) is 4.79 Å². The van der Waals surface area contributed by atoms with Crippen molar-refractivity contribution >= 4 is 29.3 Å². The van der Waals surface area contributed by atoms with Crippen molar-refractivity contribution in [2.24, 2.45) is 0 Å². The Hall–Kier alpha value is -2.43. The number of benzene rings is 3. The van der Waals surface area contributed by atoms with E-state index in [4.69, 9.17) is 21.1 Å². The normalized spacial score (nSPS) is 10.6. The first-order chi connectivity index (χ1) is 14.1. The van der Waals surface area contributed by atoms with Crippen molar-refractivity contribution in [3.63, 3.8) is 0 Å². The standard InChI is InChI=1S/C24H23ClO3S/c1-2-27-24(26)14-12-19-11-13-22(16-23(19)25)29-21-10-6-9-20(15-21)28-17-18-7-4-3-5-8-18/h3-11,13,15-16H,2,12,14,17H2,1H3. The van der Waals surface area contributed by atoms with Crippen LogP contribution in [0, 0.1) is 0 Å². The molecule has 0 radical (unpaired) electrons. The predicted molar refractivity (Wildman–Crippen MR) is 118 cm³/mol. The van der Waals surface area contributed by atoms with Gasteiger partial charge in [-0.25, -0.2) is 0 Å². The van der Waals surface area contributed by atoms with Crippen LogP contribution in [0.5, 0.6) is 5.75 Å². The van der Waals surface area contributed by atoms with Gasteiger partial charge in [0.1, 0.15) is 12.4 Å². The molecule has 0 aliphatic rings. The lowest BCUT2D eigenvalue weighted by Gasteiger charge is -2.09. The molecule has 0 aliphatic carbocycles. The summed E-state index contributed by atoms with van der Waals surface area (Å²) < 4.78 is 10.9. The van der Waals surface area contributed by atoms with Crippen molar-refractivity contribution in [3.05, 3.63) is 88.9 Å². The molecule has 0 saturated carbocycles. The minimum Gasteiger partial charge on any atom is -0.489 e. The first-order valence-electron chi connectivity index (χ1n) is 9.52. The summed E-state index contributed by atoms with van der Waals surface area (Å²) in [7, 11) is 0. The molecule has 0 fully saturated rings. The van der Waals surface area contributed by atoms with E-state index in [9.17, 15) is 4.79 Å². The number of carbonyl (C=O) groups excluding carboxylic acids is 1. The average molecular weight is 427 g/mol. The zero-order valence-electron chi connectivity index (χ0n) is 16.3. The van der Waals surface area contributed by atoms with Gasteiger partial charge in [-0.15, -0.1) is 0 Å². The molecule has 3 aromatic rings. The molecular weight excluding hydrogens is 404 g/mol. The fraction of sp³-hybridized carbons (Fsp3) is 0.208. The zero-order chi connectivity index (χ0) is 20.5. The highest BCUT2D eigenvalue weighted by Gasteiger charge is 2.08. The Morgan fingerprint density at radius 3 is 2.52 bits per heavy atom. The van der Waals surface area contributed by atoms with E-state index in [1.54, 1.807) is 18.7 Å². The van der Waals surface area contributed by atoms with Gasteiger partial charge in [-0.2, -0.15) is 0 Å². The van der Waals surface area contributed by atoms with E-state index >= 15 is 0 Å². The third-order valence-electron chi connectivity index (χ3n) is 4.22. The minimum absolute atomic E-state index is 0.200. The summed E-state index contributed by atoms with van der Waals surface area (Å²) in [5.74, 6) is 0.630. The molecular formula is C24H23ClO3S. The van der Waals surface area contributed by atoms with Crippen LogP contribution in [-0.4, -0.2) is 12.6 Å². The molecule has 29 heavy (non-hydrogen) atoms. The van der Waals surface area contributed by atoms with E-state index in [1.807, 2.05) is 72.8 Å². The van der Waals surface area contributed by atoms with Gasteiger partial charge in [0.2, 0.25) is 0 Å². The Morgan fingerprint density at radius 1 is 0.966 bits per heavy atom. The molecule has 0 heterocycles. The molecule has 0 aromatic heterocycles. The highest BCUT2D eigenvalue weighted by Crippen LogP contribution is 2.33. The molecule has 5 heteroatoms. The van der Waals surface area contributed by atoms with Gasteiger partial charge in [0.05, 0.1) is 6.61 Å². The summed E-state index contributed by atoms with van der Waals surface area (Å²) in [5, 5.41) is 0.663. The van der Waals surface area contributed by atoms with Crippen LogP contribution in [0.2, 0.25) is 5.02 Å². The maximum absolute atomic E-state index is 11.5. The Kier molecular flexibility index (Phi) is 8.03. The fourth-order valence-corrected chi connectivity index (χ4v) is 4.02. The molecule has 0 atom stereocenters. The fourth-order valence-electron chi connectivity index (χ4n) is 2.77.